The zero-order valence-corrected chi connectivity index (χ0v) is 14.4. The second kappa shape index (κ2) is 6.53. The van der Waals surface area contributed by atoms with Crippen molar-refractivity contribution in [2.75, 3.05) is 11.1 Å². The number of nitrogen functional groups attached to an aromatic ring is 1. The fourth-order valence-electron chi connectivity index (χ4n) is 2.52. The maximum atomic E-state index is 11.6. The normalized spacial score (nSPS) is 14.2. The van der Waals surface area contributed by atoms with Crippen LogP contribution < -0.4 is 11.1 Å². The van der Waals surface area contributed by atoms with Crippen molar-refractivity contribution in [2.24, 2.45) is 0 Å². The summed E-state index contributed by atoms with van der Waals surface area (Å²) in [6.07, 6.45) is 0.854. The number of aldehydes is 1. The highest BCUT2D eigenvalue weighted by atomic mass is 35.5. The zero-order chi connectivity index (χ0) is 18.1. The molecule has 4 N–H and O–H groups in total. The average molecular weight is 347 g/mol. The lowest BCUT2D eigenvalue weighted by Gasteiger charge is -2.17. The van der Waals surface area contributed by atoms with Crippen LogP contribution >= 0.6 is 11.6 Å². The number of nitrogens with two attached hydrogens (primary N) is 1. The molecule has 0 unspecified atom stereocenters. The third kappa shape index (κ3) is 3.21. The van der Waals surface area contributed by atoms with E-state index < -0.39 is 5.41 Å². The molecule has 0 aromatic heterocycles. The van der Waals surface area contributed by atoms with Crippen LogP contribution in [0.15, 0.2) is 30.3 Å². The SMILES string of the molecule is CC1(C)C(=O)Nc2c(Cl)cc(N)c(O)c21.Cc1cccc(C=O)c1. The molecule has 1 amide bonds. The van der Waals surface area contributed by atoms with Crippen LogP contribution in [-0.2, 0) is 10.2 Å². The highest BCUT2D eigenvalue weighted by Gasteiger charge is 2.42. The van der Waals surface area contributed by atoms with E-state index in [0.717, 1.165) is 17.4 Å². The Morgan fingerprint density at radius 3 is 2.50 bits per heavy atom. The molecule has 0 spiro atoms. The molecule has 1 aliphatic heterocycles. The summed E-state index contributed by atoms with van der Waals surface area (Å²) in [7, 11) is 0. The number of carbonyl (C=O) groups is 2. The quantitative estimate of drug-likeness (QED) is 0.417. The number of rotatable bonds is 1. The van der Waals surface area contributed by atoms with E-state index in [4.69, 9.17) is 17.3 Å². The van der Waals surface area contributed by atoms with Crippen molar-refractivity contribution < 1.29 is 14.7 Å². The predicted molar refractivity (Wildman–Crippen MR) is 95.8 cm³/mol. The predicted octanol–water partition coefficient (Wildman–Crippen LogP) is 3.67. The van der Waals surface area contributed by atoms with E-state index in [1.807, 2.05) is 25.1 Å². The number of phenols is 1. The van der Waals surface area contributed by atoms with E-state index in [1.54, 1.807) is 19.9 Å². The number of halogens is 1. The van der Waals surface area contributed by atoms with E-state index in [1.165, 1.54) is 6.07 Å². The summed E-state index contributed by atoms with van der Waals surface area (Å²) in [4.78, 5) is 21.8. The van der Waals surface area contributed by atoms with Gasteiger partial charge >= 0.3 is 0 Å². The minimum absolute atomic E-state index is 0.0715. The first-order valence-corrected chi connectivity index (χ1v) is 7.71. The van der Waals surface area contributed by atoms with Crippen molar-refractivity contribution in [3.63, 3.8) is 0 Å². The van der Waals surface area contributed by atoms with Gasteiger partial charge in [-0.25, -0.2) is 0 Å². The third-order valence-electron chi connectivity index (χ3n) is 3.89. The molecule has 3 rings (SSSR count). The first-order valence-electron chi connectivity index (χ1n) is 7.33. The molecule has 0 saturated heterocycles. The van der Waals surface area contributed by atoms with Crippen LogP contribution in [0.5, 0.6) is 5.75 Å². The topological polar surface area (TPSA) is 92.4 Å². The van der Waals surface area contributed by atoms with Crippen LogP contribution in [0, 0.1) is 6.92 Å². The molecule has 5 nitrogen and oxygen atoms in total. The lowest BCUT2D eigenvalue weighted by Crippen LogP contribution is -2.27. The molecule has 0 fully saturated rings. The zero-order valence-electron chi connectivity index (χ0n) is 13.7. The van der Waals surface area contributed by atoms with Crippen molar-refractivity contribution in [1.29, 1.82) is 0 Å². The molecule has 0 atom stereocenters. The number of aromatic hydroxyl groups is 1. The maximum absolute atomic E-state index is 11.6. The molecule has 24 heavy (non-hydrogen) atoms. The fourth-order valence-corrected chi connectivity index (χ4v) is 2.78. The summed E-state index contributed by atoms with van der Waals surface area (Å²) in [5.74, 6) is -0.266. The number of anilines is 2. The van der Waals surface area contributed by atoms with Gasteiger partial charge in [0.2, 0.25) is 5.91 Å². The van der Waals surface area contributed by atoms with Crippen molar-refractivity contribution in [3.05, 3.63) is 52.0 Å². The molecule has 1 heterocycles. The summed E-state index contributed by atoms with van der Waals surface area (Å²) in [5, 5.41) is 12.8. The first-order chi connectivity index (χ1) is 11.2. The number of benzene rings is 2. The van der Waals surface area contributed by atoms with Crippen molar-refractivity contribution >= 4 is 35.2 Å². The largest absolute Gasteiger partial charge is 0.505 e. The lowest BCUT2D eigenvalue weighted by molar-refractivity contribution is -0.119. The number of hydrogen-bond donors (Lipinski definition) is 3. The fraction of sp³-hybridized carbons (Fsp3) is 0.222. The van der Waals surface area contributed by atoms with Gasteiger partial charge in [0.15, 0.2) is 0 Å². The molecule has 0 bridgehead atoms. The monoisotopic (exact) mass is 346 g/mol. The molecule has 0 aliphatic carbocycles. The second-order valence-corrected chi connectivity index (χ2v) is 6.56. The van der Waals surface area contributed by atoms with Crippen LogP contribution in [0.1, 0.15) is 35.3 Å². The first kappa shape index (κ1) is 17.8. The van der Waals surface area contributed by atoms with Gasteiger partial charge in [0.05, 0.1) is 21.8 Å². The second-order valence-electron chi connectivity index (χ2n) is 6.16. The van der Waals surface area contributed by atoms with E-state index in [0.29, 0.717) is 16.3 Å². The van der Waals surface area contributed by atoms with Gasteiger partial charge in [0.1, 0.15) is 12.0 Å². The number of fused-ring (bicyclic) bond motifs is 1. The van der Waals surface area contributed by atoms with Crippen LogP contribution in [-0.4, -0.2) is 17.3 Å². The Morgan fingerprint density at radius 2 is 1.96 bits per heavy atom. The Morgan fingerprint density at radius 1 is 1.29 bits per heavy atom. The molecule has 6 heteroatoms. The van der Waals surface area contributed by atoms with Gasteiger partial charge in [-0.05, 0) is 32.9 Å². The van der Waals surface area contributed by atoms with E-state index in [2.05, 4.69) is 5.32 Å². The average Bonchev–Trinajstić information content (AvgIpc) is 2.76. The van der Waals surface area contributed by atoms with Crippen molar-refractivity contribution in [2.45, 2.75) is 26.2 Å². The Bertz CT molecular complexity index is 816. The number of nitrogens with one attached hydrogen (secondary N) is 1. The molecule has 0 radical (unpaired) electrons. The molecule has 2 aromatic carbocycles. The van der Waals surface area contributed by atoms with Crippen LogP contribution in [0.4, 0.5) is 11.4 Å². The molecule has 126 valence electrons. The molecule has 1 aliphatic rings. The summed E-state index contributed by atoms with van der Waals surface area (Å²) < 4.78 is 0. The summed E-state index contributed by atoms with van der Waals surface area (Å²) in [6, 6.07) is 8.91. The summed E-state index contributed by atoms with van der Waals surface area (Å²) >= 11 is 5.93. The van der Waals surface area contributed by atoms with E-state index in [9.17, 15) is 14.7 Å². The van der Waals surface area contributed by atoms with Gasteiger partial charge in [-0.2, -0.15) is 0 Å². The van der Waals surface area contributed by atoms with Gasteiger partial charge in [0, 0.05) is 11.1 Å². The minimum Gasteiger partial charge on any atom is -0.505 e. The highest BCUT2D eigenvalue weighted by molar-refractivity contribution is 6.35. The standard InChI is InChI=1S/C10H11ClN2O2.C8H8O/c1-10(2)6-7(13-9(10)15)4(11)3-5(12)8(6)14;1-7-3-2-4-8(5-7)6-9/h3,14H,12H2,1-2H3,(H,13,15);2-6H,1H3. The van der Waals surface area contributed by atoms with E-state index >= 15 is 0 Å². The maximum Gasteiger partial charge on any atom is 0.234 e. The van der Waals surface area contributed by atoms with Crippen molar-refractivity contribution in [3.8, 4) is 5.75 Å². The van der Waals surface area contributed by atoms with Crippen LogP contribution in [0.2, 0.25) is 5.02 Å². The Labute approximate surface area is 145 Å². The van der Waals surface area contributed by atoms with Gasteiger partial charge in [-0.3, -0.25) is 9.59 Å². The number of hydrogen-bond acceptors (Lipinski definition) is 4. The third-order valence-corrected chi connectivity index (χ3v) is 4.19. The number of carbonyl (C=O) groups excluding carboxylic acids is 2. The van der Waals surface area contributed by atoms with Gasteiger partial charge in [-0.1, -0.05) is 35.4 Å². The van der Waals surface area contributed by atoms with Crippen LogP contribution in [0.25, 0.3) is 0 Å². The number of amides is 1. The molecular weight excluding hydrogens is 328 g/mol. The molecule has 2 aromatic rings. The smallest absolute Gasteiger partial charge is 0.234 e. The van der Waals surface area contributed by atoms with Gasteiger partial charge in [-0.15, -0.1) is 0 Å². The summed E-state index contributed by atoms with van der Waals surface area (Å²) in [6.45, 7) is 5.39. The Kier molecular flexibility index (Phi) is 4.85. The number of phenolic OH excluding ortho intramolecular Hbond substituents is 1. The van der Waals surface area contributed by atoms with Crippen LogP contribution in [0.3, 0.4) is 0 Å². The van der Waals surface area contributed by atoms with Crippen molar-refractivity contribution in [1.82, 2.24) is 0 Å². The van der Waals surface area contributed by atoms with E-state index in [-0.39, 0.29) is 17.3 Å². The van der Waals surface area contributed by atoms with Gasteiger partial charge < -0.3 is 16.2 Å². The summed E-state index contributed by atoms with van der Waals surface area (Å²) in [5.41, 5.74) is 7.76. The number of aryl methyl sites for hydroxylation is 1. The Balaban J connectivity index is 0.000000198. The highest BCUT2D eigenvalue weighted by Crippen LogP contribution is 2.48. The molecular formula is C18H19ClN2O3. The lowest BCUT2D eigenvalue weighted by atomic mass is 9.85. The van der Waals surface area contributed by atoms with Gasteiger partial charge in [0.25, 0.3) is 0 Å². The minimum atomic E-state index is -0.807. The Hall–Kier alpha value is -2.53. The molecule has 0 saturated carbocycles.